The van der Waals surface area contributed by atoms with Crippen LogP contribution in [0.1, 0.15) is 30.9 Å². The number of rotatable bonds is 6. The normalized spacial score (nSPS) is 16.1. The lowest BCUT2D eigenvalue weighted by Crippen LogP contribution is -3.15. The van der Waals surface area contributed by atoms with Crippen LogP contribution in [0, 0.1) is 6.92 Å². The molecule has 2 aromatic carbocycles. The van der Waals surface area contributed by atoms with E-state index >= 15 is 0 Å². The van der Waals surface area contributed by atoms with Crippen LogP contribution in [-0.4, -0.2) is 51.4 Å². The number of amides is 1. The lowest BCUT2D eigenvalue weighted by atomic mass is 10.0. The van der Waals surface area contributed by atoms with Crippen molar-refractivity contribution in [1.82, 2.24) is 4.31 Å². The highest BCUT2D eigenvalue weighted by molar-refractivity contribution is 7.89. The Bertz CT molecular complexity index is 948. The molecule has 0 atom stereocenters. The van der Waals surface area contributed by atoms with Crippen LogP contribution < -0.4 is 10.2 Å². The number of carbonyl (C=O) groups is 1. The first-order valence-corrected chi connectivity index (χ1v) is 11.5. The lowest BCUT2D eigenvalue weighted by Gasteiger charge is -2.31. The van der Waals surface area contributed by atoms with Gasteiger partial charge in [-0.3, -0.25) is 4.79 Å². The molecule has 6 nitrogen and oxygen atoms in total. The third kappa shape index (κ3) is 5.23. The number of hydrogen-bond acceptors (Lipinski definition) is 3. The van der Waals surface area contributed by atoms with Crippen LogP contribution in [0.3, 0.4) is 0 Å². The summed E-state index contributed by atoms with van der Waals surface area (Å²) in [5, 5.41) is 3.02. The van der Waals surface area contributed by atoms with Gasteiger partial charge in [-0.2, -0.15) is 4.31 Å². The number of aryl methyl sites for hydroxylation is 1. The Morgan fingerprint density at radius 3 is 2.31 bits per heavy atom. The van der Waals surface area contributed by atoms with Gasteiger partial charge in [0.15, 0.2) is 6.54 Å². The van der Waals surface area contributed by atoms with E-state index in [-0.39, 0.29) is 5.91 Å². The van der Waals surface area contributed by atoms with E-state index in [1.165, 1.54) is 4.31 Å². The fourth-order valence-electron chi connectivity index (χ4n) is 3.61. The van der Waals surface area contributed by atoms with Crippen molar-refractivity contribution in [3.8, 4) is 0 Å². The smallest absolute Gasteiger partial charge is 0.279 e. The third-order valence-electron chi connectivity index (χ3n) is 5.36. The van der Waals surface area contributed by atoms with Crippen molar-refractivity contribution in [2.75, 3.05) is 38.0 Å². The van der Waals surface area contributed by atoms with Crippen LogP contribution in [0.15, 0.2) is 53.4 Å². The second kappa shape index (κ2) is 9.07. The van der Waals surface area contributed by atoms with Gasteiger partial charge in [-0.1, -0.05) is 49.7 Å². The van der Waals surface area contributed by atoms with E-state index in [1.54, 1.807) is 12.1 Å². The second-order valence-electron chi connectivity index (χ2n) is 7.93. The van der Waals surface area contributed by atoms with E-state index < -0.39 is 10.0 Å². The number of carbonyl (C=O) groups excluding carboxylic acids is 1. The van der Waals surface area contributed by atoms with Gasteiger partial charge in [0.1, 0.15) is 0 Å². The number of benzene rings is 2. The van der Waals surface area contributed by atoms with Crippen molar-refractivity contribution in [2.24, 2.45) is 0 Å². The van der Waals surface area contributed by atoms with E-state index in [0.717, 1.165) is 21.7 Å². The highest BCUT2D eigenvalue weighted by Crippen LogP contribution is 2.23. The molecule has 1 fully saturated rings. The zero-order valence-electron chi connectivity index (χ0n) is 17.3. The van der Waals surface area contributed by atoms with Crippen molar-refractivity contribution in [3.05, 3.63) is 59.7 Å². The summed E-state index contributed by atoms with van der Waals surface area (Å²) in [6.45, 7) is 8.54. The quantitative estimate of drug-likeness (QED) is 0.752. The topological polar surface area (TPSA) is 70.9 Å². The zero-order valence-corrected chi connectivity index (χ0v) is 18.1. The number of para-hydroxylation sites is 1. The summed E-state index contributed by atoms with van der Waals surface area (Å²) in [6, 6.07) is 14.8. The summed E-state index contributed by atoms with van der Waals surface area (Å²) in [4.78, 5) is 13.9. The Hall–Kier alpha value is -2.22. The number of sulfonamides is 1. The maximum atomic E-state index is 12.8. The fourth-order valence-corrected chi connectivity index (χ4v) is 5.06. The molecule has 1 aliphatic rings. The van der Waals surface area contributed by atoms with Gasteiger partial charge in [0, 0.05) is 5.69 Å². The number of nitrogens with one attached hydrogen (secondary N) is 2. The van der Waals surface area contributed by atoms with E-state index in [0.29, 0.717) is 43.5 Å². The molecule has 0 bridgehead atoms. The average Bonchev–Trinajstić information content (AvgIpc) is 2.69. The maximum absolute atomic E-state index is 12.8. The molecule has 1 amide bonds. The minimum Gasteiger partial charge on any atom is -0.325 e. The fraction of sp³-hybridized carbons (Fsp3) is 0.409. The molecule has 0 aliphatic carbocycles. The molecule has 0 aromatic heterocycles. The summed E-state index contributed by atoms with van der Waals surface area (Å²) < 4.78 is 27.1. The Morgan fingerprint density at radius 2 is 1.69 bits per heavy atom. The zero-order chi connectivity index (χ0) is 21.0. The first-order valence-electron chi connectivity index (χ1n) is 10.1. The first kappa shape index (κ1) is 21.5. The monoisotopic (exact) mass is 416 g/mol. The summed E-state index contributed by atoms with van der Waals surface area (Å²) in [5.41, 5.74) is 3.00. The minimum absolute atomic E-state index is 0.0389. The third-order valence-corrected chi connectivity index (χ3v) is 7.27. The largest absolute Gasteiger partial charge is 0.325 e. The van der Waals surface area contributed by atoms with Crippen LogP contribution >= 0.6 is 0 Å². The summed E-state index contributed by atoms with van der Waals surface area (Å²) in [5.74, 6) is 0.289. The van der Waals surface area contributed by atoms with E-state index in [9.17, 15) is 13.2 Å². The predicted octanol–water partition coefficient (Wildman–Crippen LogP) is 1.65. The molecular formula is C22H30N3O3S+. The second-order valence-corrected chi connectivity index (χ2v) is 9.87. The van der Waals surface area contributed by atoms with E-state index in [2.05, 4.69) is 19.2 Å². The van der Waals surface area contributed by atoms with Gasteiger partial charge in [-0.25, -0.2) is 8.42 Å². The number of piperazine rings is 1. The van der Waals surface area contributed by atoms with Gasteiger partial charge < -0.3 is 10.2 Å². The van der Waals surface area contributed by atoms with E-state index in [4.69, 9.17) is 0 Å². The Labute approximate surface area is 173 Å². The molecule has 0 saturated carbocycles. The van der Waals surface area contributed by atoms with Crippen LogP contribution in [-0.2, 0) is 14.8 Å². The molecule has 1 saturated heterocycles. The molecular weight excluding hydrogens is 386 g/mol. The highest BCUT2D eigenvalue weighted by atomic mass is 32.2. The van der Waals surface area contributed by atoms with Gasteiger partial charge in [0.05, 0.1) is 31.1 Å². The number of nitrogens with zero attached hydrogens (tertiary/aromatic N) is 1. The molecule has 29 heavy (non-hydrogen) atoms. The Morgan fingerprint density at radius 1 is 1.07 bits per heavy atom. The van der Waals surface area contributed by atoms with Gasteiger partial charge in [0.25, 0.3) is 5.91 Å². The molecule has 2 N–H and O–H groups in total. The van der Waals surface area contributed by atoms with E-state index in [1.807, 2.05) is 43.3 Å². The Kier molecular flexibility index (Phi) is 6.72. The maximum Gasteiger partial charge on any atom is 0.279 e. The molecule has 7 heteroatoms. The number of anilines is 1. The molecule has 1 aliphatic heterocycles. The first-order chi connectivity index (χ1) is 13.8. The predicted molar refractivity (Wildman–Crippen MR) is 115 cm³/mol. The Balaban J connectivity index is 1.56. The molecule has 156 valence electrons. The van der Waals surface area contributed by atoms with Crippen LogP contribution in [0.2, 0.25) is 0 Å². The van der Waals surface area contributed by atoms with Gasteiger partial charge in [-0.05, 0) is 36.6 Å². The summed E-state index contributed by atoms with van der Waals surface area (Å²) >= 11 is 0. The summed E-state index contributed by atoms with van der Waals surface area (Å²) in [6.07, 6.45) is 0. The SMILES string of the molecule is Cc1ccc(S(=O)(=O)N2CC[NH+](CC(=O)Nc3ccccc3C(C)C)CC2)cc1. The van der Waals surface area contributed by atoms with Gasteiger partial charge in [-0.15, -0.1) is 0 Å². The van der Waals surface area contributed by atoms with Crippen LogP contribution in [0.5, 0.6) is 0 Å². The summed E-state index contributed by atoms with van der Waals surface area (Å²) in [7, 11) is -3.47. The average molecular weight is 417 g/mol. The molecule has 0 spiro atoms. The lowest BCUT2D eigenvalue weighted by molar-refractivity contribution is -0.895. The van der Waals surface area contributed by atoms with Crippen LogP contribution in [0.4, 0.5) is 5.69 Å². The molecule has 1 heterocycles. The number of hydrogen-bond donors (Lipinski definition) is 2. The molecule has 2 aromatic rings. The molecule has 3 rings (SSSR count). The van der Waals surface area contributed by atoms with Gasteiger partial charge in [0.2, 0.25) is 10.0 Å². The van der Waals surface area contributed by atoms with Crippen molar-refractivity contribution >= 4 is 21.6 Å². The standard InChI is InChI=1S/C22H29N3O3S/c1-17(2)20-6-4-5-7-21(20)23-22(26)16-24-12-14-25(15-13-24)29(27,28)19-10-8-18(3)9-11-19/h4-11,17H,12-16H2,1-3H3,(H,23,26)/p+1. The minimum atomic E-state index is -3.47. The van der Waals surface area contributed by atoms with Crippen molar-refractivity contribution in [2.45, 2.75) is 31.6 Å². The van der Waals surface area contributed by atoms with Crippen molar-refractivity contribution in [1.29, 1.82) is 0 Å². The van der Waals surface area contributed by atoms with Crippen molar-refractivity contribution in [3.63, 3.8) is 0 Å². The highest BCUT2D eigenvalue weighted by Gasteiger charge is 2.31. The number of quaternary nitrogens is 1. The van der Waals surface area contributed by atoms with Crippen molar-refractivity contribution < 1.29 is 18.1 Å². The van der Waals surface area contributed by atoms with Gasteiger partial charge >= 0.3 is 0 Å². The molecule has 0 unspecified atom stereocenters. The van der Waals surface area contributed by atoms with Crippen LogP contribution in [0.25, 0.3) is 0 Å². The molecule has 0 radical (unpaired) electrons.